The summed E-state index contributed by atoms with van der Waals surface area (Å²) in [6.07, 6.45) is -4.51. The summed E-state index contributed by atoms with van der Waals surface area (Å²) in [6, 6.07) is 2.98. The van der Waals surface area contributed by atoms with Gasteiger partial charge in [-0.3, -0.25) is 4.72 Å². The third-order valence-corrected chi connectivity index (χ3v) is 4.76. The minimum absolute atomic E-state index is 0.0480. The topological polar surface area (TPSA) is 58.2 Å². The fourth-order valence-electron chi connectivity index (χ4n) is 1.62. The maximum Gasteiger partial charge on any atom is 0.416 e. The lowest BCUT2D eigenvalue weighted by Gasteiger charge is -2.17. The highest BCUT2D eigenvalue weighted by Crippen LogP contribution is 2.32. The molecule has 0 aliphatic carbocycles. The molecule has 0 spiro atoms. The van der Waals surface area contributed by atoms with E-state index in [9.17, 15) is 21.6 Å². The summed E-state index contributed by atoms with van der Waals surface area (Å²) in [7, 11) is -3.75. The van der Waals surface area contributed by atoms with Crippen LogP contribution in [0.4, 0.5) is 18.9 Å². The molecule has 21 heavy (non-hydrogen) atoms. The standard InChI is InChI=1S/C13H19F3N2O2S/c1-4-17-8-10(3)21(19,20)18-12-7-11(13(14,15)16)6-5-9(12)2/h5-7,10,17-18H,4,8H2,1-3H3. The number of rotatable bonds is 6. The lowest BCUT2D eigenvalue weighted by atomic mass is 10.1. The molecular formula is C13H19F3N2O2S. The zero-order valence-electron chi connectivity index (χ0n) is 12.1. The van der Waals surface area contributed by atoms with Crippen molar-refractivity contribution in [3.63, 3.8) is 0 Å². The summed E-state index contributed by atoms with van der Waals surface area (Å²) in [5, 5.41) is 2.13. The van der Waals surface area contributed by atoms with Gasteiger partial charge in [0.25, 0.3) is 0 Å². The molecule has 0 fully saturated rings. The number of anilines is 1. The molecule has 0 radical (unpaired) electrons. The minimum Gasteiger partial charge on any atom is -0.316 e. The summed E-state index contributed by atoms with van der Waals surface area (Å²) in [5.41, 5.74) is -0.500. The fourth-order valence-corrected chi connectivity index (χ4v) is 2.68. The van der Waals surface area contributed by atoms with Gasteiger partial charge in [-0.05, 0) is 38.1 Å². The second kappa shape index (κ2) is 6.65. The molecule has 0 aliphatic heterocycles. The highest BCUT2D eigenvalue weighted by Gasteiger charge is 2.31. The molecule has 0 aromatic heterocycles. The van der Waals surface area contributed by atoms with E-state index in [0.29, 0.717) is 12.1 Å². The number of benzene rings is 1. The minimum atomic E-state index is -4.51. The van der Waals surface area contributed by atoms with Crippen molar-refractivity contribution in [2.45, 2.75) is 32.2 Å². The average molecular weight is 324 g/mol. The predicted octanol–water partition coefficient (Wildman–Crippen LogP) is 2.75. The summed E-state index contributed by atoms with van der Waals surface area (Å²) < 4.78 is 64.4. The number of halogens is 3. The summed E-state index contributed by atoms with van der Waals surface area (Å²) in [4.78, 5) is 0. The number of hydrogen-bond acceptors (Lipinski definition) is 3. The molecule has 0 bridgehead atoms. The van der Waals surface area contributed by atoms with Crippen LogP contribution in [0.25, 0.3) is 0 Å². The number of nitrogens with one attached hydrogen (secondary N) is 2. The Labute approximate surface area is 122 Å². The summed E-state index contributed by atoms with van der Waals surface area (Å²) in [5.74, 6) is 0. The SMILES string of the molecule is CCNCC(C)S(=O)(=O)Nc1cc(C(F)(F)F)ccc1C. The van der Waals surface area contributed by atoms with Crippen molar-refractivity contribution >= 4 is 15.7 Å². The Bertz CT molecular complexity index is 586. The van der Waals surface area contributed by atoms with Gasteiger partial charge < -0.3 is 5.32 Å². The van der Waals surface area contributed by atoms with Crippen LogP contribution in [0.1, 0.15) is 25.0 Å². The predicted molar refractivity (Wildman–Crippen MR) is 76.7 cm³/mol. The molecule has 1 atom stereocenters. The first-order valence-corrected chi connectivity index (χ1v) is 8.02. The van der Waals surface area contributed by atoms with Gasteiger partial charge in [0.1, 0.15) is 0 Å². The third kappa shape index (κ3) is 4.89. The number of hydrogen-bond donors (Lipinski definition) is 2. The molecule has 1 aromatic carbocycles. The summed E-state index contributed by atoms with van der Waals surface area (Å²) >= 11 is 0. The number of aryl methyl sites for hydroxylation is 1. The van der Waals surface area contributed by atoms with Crippen LogP contribution in [0, 0.1) is 6.92 Å². The largest absolute Gasteiger partial charge is 0.416 e. The van der Waals surface area contributed by atoms with Crippen molar-refractivity contribution in [3.8, 4) is 0 Å². The third-order valence-electron chi connectivity index (χ3n) is 3.03. The molecule has 0 heterocycles. The van der Waals surface area contributed by atoms with Crippen molar-refractivity contribution in [3.05, 3.63) is 29.3 Å². The van der Waals surface area contributed by atoms with Crippen molar-refractivity contribution < 1.29 is 21.6 Å². The van der Waals surface area contributed by atoms with E-state index in [-0.39, 0.29) is 12.2 Å². The van der Waals surface area contributed by atoms with Gasteiger partial charge in [0.15, 0.2) is 0 Å². The van der Waals surface area contributed by atoms with Gasteiger partial charge in [-0.1, -0.05) is 13.0 Å². The van der Waals surface area contributed by atoms with Crippen LogP contribution in [0.5, 0.6) is 0 Å². The normalized spacial score (nSPS) is 14.0. The zero-order valence-corrected chi connectivity index (χ0v) is 12.9. The van der Waals surface area contributed by atoms with Gasteiger partial charge in [-0.2, -0.15) is 13.2 Å². The smallest absolute Gasteiger partial charge is 0.316 e. The molecule has 0 aliphatic rings. The van der Waals surface area contributed by atoms with E-state index in [2.05, 4.69) is 10.0 Å². The number of alkyl halides is 3. The first kappa shape index (κ1) is 17.8. The van der Waals surface area contributed by atoms with Gasteiger partial charge in [0, 0.05) is 6.54 Å². The van der Waals surface area contributed by atoms with E-state index in [1.807, 2.05) is 6.92 Å². The van der Waals surface area contributed by atoms with Gasteiger partial charge in [-0.25, -0.2) is 8.42 Å². The van der Waals surface area contributed by atoms with E-state index >= 15 is 0 Å². The van der Waals surface area contributed by atoms with Crippen LogP contribution in [0.2, 0.25) is 0 Å². The van der Waals surface area contributed by atoms with Crippen LogP contribution >= 0.6 is 0 Å². The fraction of sp³-hybridized carbons (Fsp3) is 0.538. The maximum atomic E-state index is 12.7. The van der Waals surface area contributed by atoms with Crippen LogP contribution in [0.15, 0.2) is 18.2 Å². The van der Waals surface area contributed by atoms with Crippen molar-refractivity contribution in [2.24, 2.45) is 0 Å². The maximum absolute atomic E-state index is 12.7. The average Bonchev–Trinajstić information content (AvgIpc) is 2.36. The highest BCUT2D eigenvalue weighted by atomic mass is 32.2. The Morgan fingerprint density at radius 2 is 1.90 bits per heavy atom. The Balaban J connectivity index is 3.01. The molecule has 8 heteroatoms. The molecule has 1 rings (SSSR count). The van der Waals surface area contributed by atoms with E-state index in [1.54, 1.807) is 6.92 Å². The van der Waals surface area contributed by atoms with E-state index in [0.717, 1.165) is 12.1 Å². The van der Waals surface area contributed by atoms with Gasteiger partial charge in [-0.15, -0.1) is 0 Å². The molecule has 2 N–H and O–H groups in total. The van der Waals surface area contributed by atoms with Gasteiger partial charge >= 0.3 is 6.18 Å². The molecule has 120 valence electrons. The molecule has 1 unspecified atom stereocenters. The Morgan fingerprint density at radius 1 is 1.29 bits per heavy atom. The van der Waals surface area contributed by atoms with E-state index < -0.39 is 27.0 Å². The van der Waals surface area contributed by atoms with E-state index in [1.165, 1.54) is 13.0 Å². The van der Waals surface area contributed by atoms with Crippen molar-refractivity contribution in [1.29, 1.82) is 0 Å². The Morgan fingerprint density at radius 3 is 2.43 bits per heavy atom. The van der Waals surface area contributed by atoms with Crippen molar-refractivity contribution in [2.75, 3.05) is 17.8 Å². The Kier molecular flexibility index (Phi) is 5.63. The van der Waals surface area contributed by atoms with Crippen LogP contribution in [0.3, 0.4) is 0 Å². The second-order valence-electron chi connectivity index (χ2n) is 4.79. The molecule has 0 saturated carbocycles. The van der Waals surface area contributed by atoms with Gasteiger partial charge in [0.2, 0.25) is 10.0 Å². The second-order valence-corrected chi connectivity index (χ2v) is 6.89. The zero-order chi connectivity index (χ0) is 16.3. The first-order valence-electron chi connectivity index (χ1n) is 6.48. The molecular weight excluding hydrogens is 305 g/mol. The van der Waals surface area contributed by atoms with Crippen LogP contribution in [-0.4, -0.2) is 26.8 Å². The summed E-state index contributed by atoms with van der Waals surface area (Å²) in [6.45, 7) is 5.72. The van der Waals surface area contributed by atoms with Crippen LogP contribution in [-0.2, 0) is 16.2 Å². The quantitative estimate of drug-likeness (QED) is 0.846. The van der Waals surface area contributed by atoms with Crippen molar-refractivity contribution in [1.82, 2.24) is 5.32 Å². The molecule has 0 saturated heterocycles. The first-order chi connectivity index (χ1) is 9.58. The molecule has 4 nitrogen and oxygen atoms in total. The molecule has 0 amide bonds. The molecule has 1 aromatic rings. The van der Waals surface area contributed by atoms with Crippen LogP contribution < -0.4 is 10.0 Å². The lowest BCUT2D eigenvalue weighted by Crippen LogP contribution is -2.34. The number of sulfonamides is 1. The lowest BCUT2D eigenvalue weighted by molar-refractivity contribution is -0.137. The van der Waals surface area contributed by atoms with Gasteiger partial charge in [0.05, 0.1) is 16.5 Å². The van der Waals surface area contributed by atoms with E-state index in [4.69, 9.17) is 0 Å². The highest BCUT2D eigenvalue weighted by molar-refractivity contribution is 7.93. The monoisotopic (exact) mass is 324 g/mol. The Hall–Kier alpha value is -1.28.